The van der Waals surface area contributed by atoms with Crippen LogP contribution in [0.15, 0.2) is 17.3 Å². The molecular weight excluding hydrogens is 300 g/mol. The van der Waals surface area contributed by atoms with E-state index in [2.05, 4.69) is 15.1 Å². The quantitative estimate of drug-likeness (QED) is 0.586. The fourth-order valence-electron chi connectivity index (χ4n) is 1.52. The first-order valence-electron chi connectivity index (χ1n) is 6.14. The van der Waals surface area contributed by atoms with Crippen LogP contribution >= 0.6 is 0 Å². The van der Waals surface area contributed by atoms with Crippen molar-refractivity contribution in [1.29, 1.82) is 0 Å². The zero-order chi connectivity index (χ0) is 16.2. The molecule has 118 valence electrons. The maximum Gasteiger partial charge on any atom is 0.326 e. The summed E-state index contributed by atoms with van der Waals surface area (Å²) in [6, 6.07) is -1.07. The van der Waals surface area contributed by atoms with Gasteiger partial charge in [-0.05, 0) is 5.92 Å². The smallest absolute Gasteiger partial charge is 0.326 e. The summed E-state index contributed by atoms with van der Waals surface area (Å²) in [5, 5.41) is 14.9. The Balaban J connectivity index is 2.62. The van der Waals surface area contributed by atoms with E-state index in [9.17, 15) is 18.0 Å². The van der Waals surface area contributed by atoms with Crippen LogP contribution in [0.25, 0.3) is 0 Å². The molecule has 0 spiro atoms. The lowest BCUT2D eigenvalue weighted by Crippen LogP contribution is -2.47. The van der Waals surface area contributed by atoms with Crippen molar-refractivity contribution in [3.63, 3.8) is 0 Å². The number of nitrogens with one attached hydrogen (secondary N) is 2. The van der Waals surface area contributed by atoms with Gasteiger partial charge in [0.1, 0.15) is 10.9 Å². The number of aryl methyl sites for hydroxylation is 1. The van der Waals surface area contributed by atoms with Crippen LogP contribution in [0.3, 0.4) is 0 Å². The Labute approximate surface area is 122 Å². The van der Waals surface area contributed by atoms with E-state index < -0.39 is 34.5 Å². The standard InChI is InChI=1S/C11H18N4O5S/c1-7(2)10(11(17)18)14-9(16)5-13-21(19,20)8-4-12-15(3)6-8/h4,6-7,10,13H,5H2,1-3H3,(H,14,16)(H,17,18)/t10-/m1/s1. The van der Waals surface area contributed by atoms with Gasteiger partial charge in [-0.3, -0.25) is 9.48 Å². The number of nitrogens with zero attached hydrogens (tertiary/aromatic N) is 2. The molecule has 0 aromatic carbocycles. The van der Waals surface area contributed by atoms with Gasteiger partial charge in [0.25, 0.3) is 0 Å². The minimum absolute atomic E-state index is 0.0727. The van der Waals surface area contributed by atoms with Crippen LogP contribution in [0, 0.1) is 5.92 Å². The van der Waals surface area contributed by atoms with Crippen molar-refractivity contribution in [2.24, 2.45) is 13.0 Å². The van der Waals surface area contributed by atoms with Crippen molar-refractivity contribution in [3.8, 4) is 0 Å². The number of amides is 1. The predicted molar refractivity (Wildman–Crippen MR) is 72.8 cm³/mol. The number of carboxylic acids is 1. The highest BCUT2D eigenvalue weighted by Gasteiger charge is 2.24. The van der Waals surface area contributed by atoms with E-state index in [1.807, 2.05) is 0 Å². The van der Waals surface area contributed by atoms with Gasteiger partial charge < -0.3 is 10.4 Å². The average Bonchev–Trinajstić information content (AvgIpc) is 2.80. The fourth-order valence-corrected chi connectivity index (χ4v) is 2.48. The molecule has 1 rings (SSSR count). The summed E-state index contributed by atoms with van der Waals surface area (Å²) >= 11 is 0. The highest BCUT2D eigenvalue weighted by Crippen LogP contribution is 2.05. The molecule has 0 aliphatic rings. The maximum absolute atomic E-state index is 11.8. The first-order valence-corrected chi connectivity index (χ1v) is 7.62. The number of aliphatic carboxylic acids is 1. The van der Waals surface area contributed by atoms with Gasteiger partial charge in [0.15, 0.2) is 0 Å². The fraction of sp³-hybridized carbons (Fsp3) is 0.545. The van der Waals surface area contributed by atoms with E-state index in [0.29, 0.717) is 0 Å². The summed E-state index contributed by atoms with van der Waals surface area (Å²) in [5.41, 5.74) is 0. The lowest BCUT2D eigenvalue weighted by Gasteiger charge is -2.17. The molecule has 0 saturated carbocycles. The summed E-state index contributed by atoms with van der Waals surface area (Å²) in [6.45, 7) is 2.73. The van der Waals surface area contributed by atoms with Gasteiger partial charge in [0.2, 0.25) is 15.9 Å². The molecule has 9 nitrogen and oxygen atoms in total. The Morgan fingerprint density at radius 2 is 2.05 bits per heavy atom. The van der Waals surface area contributed by atoms with Gasteiger partial charge in [0.05, 0.1) is 12.7 Å². The topological polar surface area (TPSA) is 130 Å². The Kier molecular flexibility index (Phi) is 5.44. The van der Waals surface area contributed by atoms with Crippen molar-refractivity contribution in [1.82, 2.24) is 19.8 Å². The lowest BCUT2D eigenvalue weighted by atomic mass is 10.1. The van der Waals surface area contributed by atoms with Gasteiger partial charge in [-0.15, -0.1) is 0 Å². The molecule has 1 aromatic rings. The van der Waals surface area contributed by atoms with Crippen LogP contribution < -0.4 is 10.0 Å². The van der Waals surface area contributed by atoms with Crippen LogP contribution in [0.5, 0.6) is 0 Å². The number of sulfonamides is 1. The maximum atomic E-state index is 11.8. The second-order valence-electron chi connectivity index (χ2n) is 4.80. The van der Waals surface area contributed by atoms with Crippen LogP contribution in [0.1, 0.15) is 13.8 Å². The summed E-state index contributed by atoms with van der Waals surface area (Å²) in [7, 11) is -2.29. The highest BCUT2D eigenvalue weighted by molar-refractivity contribution is 7.89. The number of hydrogen-bond donors (Lipinski definition) is 3. The van der Waals surface area contributed by atoms with E-state index >= 15 is 0 Å². The van der Waals surface area contributed by atoms with Crippen LogP contribution in [-0.2, 0) is 26.7 Å². The van der Waals surface area contributed by atoms with E-state index in [1.54, 1.807) is 20.9 Å². The van der Waals surface area contributed by atoms with Crippen molar-refractivity contribution in [2.75, 3.05) is 6.54 Å². The molecule has 3 N–H and O–H groups in total. The van der Waals surface area contributed by atoms with Crippen LogP contribution in [0.4, 0.5) is 0 Å². The van der Waals surface area contributed by atoms with Gasteiger partial charge in [0, 0.05) is 13.2 Å². The molecule has 0 bridgehead atoms. The molecular formula is C11H18N4O5S. The van der Waals surface area contributed by atoms with Crippen molar-refractivity contribution >= 4 is 21.9 Å². The second-order valence-corrected chi connectivity index (χ2v) is 6.57. The summed E-state index contributed by atoms with van der Waals surface area (Å²) in [6.07, 6.45) is 2.43. The summed E-state index contributed by atoms with van der Waals surface area (Å²) in [4.78, 5) is 22.5. The molecule has 1 amide bonds. The molecule has 21 heavy (non-hydrogen) atoms. The predicted octanol–water partition coefficient (Wildman–Crippen LogP) is -1.08. The molecule has 1 heterocycles. The first-order chi connectivity index (χ1) is 9.63. The third-order valence-electron chi connectivity index (χ3n) is 2.66. The third kappa shape index (κ3) is 4.83. The van der Waals surface area contributed by atoms with Crippen LogP contribution in [0.2, 0.25) is 0 Å². The Bertz CT molecular complexity index is 622. The first kappa shape index (κ1) is 17.1. The second kappa shape index (κ2) is 6.68. The molecule has 0 aliphatic carbocycles. The number of carbonyl (C=O) groups is 2. The molecule has 1 aromatic heterocycles. The largest absolute Gasteiger partial charge is 0.480 e. The van der Waals surface area contributed by atoms with E-state index in [0.717, 1.165) is 6.20 Å². The summed E-state index contributed by atoms with van der Waals surface area (Å²) in [5.74, 6) is -2.21. The number of hydrogen-bond acceptors (Lipinski definition) is 5. The zero-order valence-electron chi connectivity index (χ0n) is 11.9. The number of aromatic nitrogens is 2. The lowest BCUT2D eigenvalue weighted by molar-refractivity contribution is -0.142. The normalized spacial score (nSPS) is 13.1. The SMILES string of the molecule is CC(C)[C@@H](NC(=O)CNS(=O)(=O)c1cnn(C)c1)C(=O)O. The molecule has 1 atom stereocenters. The van der Waals surface area contributed by atoms with E-state index in [1.165, 1.54) is 10.9 Å². The Morgan fingerprint density at radius 1 is 1.43 bits per heavy atom. The van der Waals surface area contributed by atoms with Gasteiger partial charge >= 0.3 is 5.97 Å². The average molecular weight is 318 g/mol. The Morgan fingerprint density at radius 3 is 2.48 bits per heavy atom. The zero-order valence-corrected chi connectivity index (χ0v) is 12.7. The van der Waals surface area contributed by atoms with Crippen LogP contribution in [-0.4, -0.2) is 47.8 Å². The van der Waals surface area contributed by atoms with Crippen molar-refractivity contribution in [2.45, 2.75) is 24.8 Å². The third-order valence-corrected chi connectivity index (χ3v) is 4.02. The molecule has 10 heteroatoms. The molecule has 0 fully saturated rings. The Hall–Kier alpha value is -1.94. The van der Waals surface area contributed by atoms with Gasteiger partial charge in [-0.1, -0.05) is 13.8 Å². The highest BCUT2D eigenvalue weighted by atomic mass is 32.2. The minimum Gasteiger partial charge on any atom is -0.480 e. The molecule has 0 saturated heterocycles. The van der Waals surface area contributed by atoms with E-state index in [4.69, 9.17) is 5.11 Å². The van der Waals surface area contributed by atoms with Gasteiger partial charge in [-0.25, -0.2) is 17.9 Å². The molecule has 0 unspecified atom stereocenters. The minimum atomic E-state index is -3.85. The number of carboxylic acid groups (broad SMARTS) is 1. The molecule has 0 radical (unpaired) electrons. The summed E-state index contributed by atoms with van der Waals surface area (Å²) < 4.78 is 27.1. The molecule has 0 aliphatic heterocycles. The number of rotatable bonds is 7. The monoisotopic (exact) mass is 318 g/mol. The number of carbonyl (C=O) groups excluding carboxylic acids is 1. The van der Waals surface area contributed by atoms with E-state index in [-0.39, 0.29) is 10.8 Å². The van der Waals surface area contributed by atoms with Crippen molar-refractivity contribution in [3.05, 3.63) is 12.4 Å². The van der Waals surface area contributed by atoms with Gasteiger partial charge in [-0.2, -0.15) is 5.10 Å². The van der Waals surface area contributed by atoms with Crippen molar-refractivity contribution < 1.29 is 23.1 Å².